The summed E-state index contributed by atoms with van der Waals surface area (Å²) >= 11 is 0. The maximum Gasteiger partial charge on any atom is 0.411 e. The first-order valence-corrected chi connectivity index (χ1v) is 9.75. The first-order valence-electron chi connectivity index (χ1n) is 9.75. The van der Waals surface area contributed by atoms with Crippen molar-refractivity contribution in [3.8, 4) is 5.75 Å². The third-order valence-corrected chi connectivity index (χ3v) is 3.86. The second kappa shape index (κ2) is 12.1. The predicted molar refractivity (Wildman–Crippen MR) is 113 cm³/mol. The van der Waals surface area contributed by atoms with Crippen molar-refractivity contribution in [1.29, 1.82) is 0 Å². The molecule has 2 rings (SSSR count). The van der Waals surface area contributed by atoms with E-state index in [1.807, 2.05) is 6.92 Å². The number of anilines is 2. The number of unbranched alkanes of at least 4 members (excludes halogenated alkanes) is 1. The van der Waals surface area contributed by atoms with Crippen molar-refractivity contribution in [2.45, 2.75) is 26.7 Å². The van der Waals surface area contributed by atoms with Crippen LogP contribution in [0.5, 0.6) is 5.75 Å². The van der Waals surface area contributed by atoms with E-state index in [4.69, 9.17) is 14.2 Å². The van der Waals surface area contributed by atoms with Crippen molar-refractivity contribution in [3.05, 3.63) is 54.1 Å². The van der Waals surface area contributed by atoms with Gasteiger partial charge in [0.2, 0.25) is 0 Å². The van der Waals surface area contributed by atoms with Crippen molar-refractivity contribution in [2.75, 3.05) is 30.5 Å². The third kappa shape index (κ3) is 7.83. The molecule has 0 unspecified atom stereocenters. The normalized spacial score (nSPS) is 10.1. The number of benzene rings is 2. The van der Waals surface area contributed by atoms with E-state index in [1.165, 1.54) is 0 Å². The summed E-state index contributed by atoms with van der Waals surface area (Å²) in [6.07, 6.45) is 1.21. The zero-order valence-corrected chi connectivity index (χ0v) is 17.1. The quantitative estimate of drug-likeness (QED) is 0.445. The van der Waals surface area contributed by atoms with Crippen LogP contribution in [-0.2, 0) is 14.3 Å². The molecule has 0 aromatic heterocycles. The average molecular weight is 414 g/mol. The molecule has 0 fully saturated rings. The number of nitrogens with one attached hydrogen (secondary N) is 2. The molecule has 2 aromatic carbocycles. The summed E-state index contributed by atoms with van der Waals surface area (Å²) in [4.78, 5) is 35.4. The number of carbonyl (C=O) groups is 3. The second-order valence-electron chi connectivity index (χ2n) is 6.28. The molecule has 0 saturated heterocycles. The summed E-state index contributed by atoms with van der Waals surface area (Å²) in [5, 5.41) is 5.25. The molecular formula is C22H26N2O6. The molecule has 0 aliphatic heterocycles. The van der Waals surface area contributed by atoms with Crippen LogP contribution in [0.3, 0.4) is 0 Å². The Morgan fingerprint density at radius 2 is 1.67 bits per heavy atom. The topological polar surface area (TPSA) is 103 Å². The van der Waals surface area contributed by atoms with Crippen LogP contribution in [-0.4, -0.2) is 37.8 Å². The minimum Gasteiger partial charge on any atom is -0.484 e. The van der Waals surface area contributed by atoms with Gasteiger partial charge in [0.05, 0.1) is 18.8 Å². The fourth-order valence-corrected chi connectivity index (χ4v) is 2.38. The van der Waals surface area contributed by atoms with Crippen molar-refractivity contribution < 1.29 is 28.6 Å². The summed E-state index contributed by atoms with van der Waals surface area (Å²) < 4.78 is 15.4. The largest absolute Gasteiger partial charge is 0.484 e. The Kier molecular flexibility index (Phi) is 9.18. The van der Waals surface area contributed by atoms with Crippen LogP contribution in [0.25, 0.3) is 0 Å². The van der Waals surface area contributed by atoms with E-state index in [-0.39, 0.29) is 25.1 Å². The number of hydrogen-bond donors (Lipinski definition) is 2. The lowest BCUT2D eigenvalue weighted by molar-refractivity contribution is -0.118. The summed E-state index contributed by atoms with van der Waals surface area (Å²) in [5.41, 5.74) is 1.45. The SMILES string of the molecule is CCCCOC(=O)c1ccc(NC(=O)COc2cccc(NC(=O)OCC)c2)cc1. The van der Waals surface area contributed by atoms with Gasteiger partial charge in [-0.3, -0.25) is 10.1 Å². The lowest BCUT2D eigenvalue weighted by atomic mass is 10.2. The van der Waals surface area contributed by atoms with Crippen LogP contribution < -0.4 is 15.4 Å². The van der Waals surface area contributed by atoms with Gasteiger partial charge in [-0.25, -0.2) is 9.59 Å². The second-order valence-corrected chi connectivity index (χ2v) is 6.28. The first-order chi connectivity index (χ1) is 14.5. The van der Waals surface area contributed by atoms with Crippen LogP contribution in [0.2, 0.25) is 0 Å². The Hall–Kier alpha value is -3.55. The summed E-state index contributed by atoms with van der Waals surface area (Å²) in [6.45, 7) is 4.17. The Bertz CT molecular complexity index is 851. The third-order valence-electron chi connectivity index (χ3n) is 3.86. The smallest absolute Gasteiger partial charge is 0.411 e. The fourth-order valence-electron chi connectivity index (χ4n) is 2.38. The van der Waals surface area contributed by atoms with Crippen LogP contribution in [0.4, 0.5) is 16.2 Å². The molecule has 2 N–H and O–H groups in total. The van der Waals surface area contributed by atoms with E-state index in [1.54, 1.807) is 55.5 Å². The van der Waals surface area contributed by atoms with Crippen LogP contribution in [0.15, 0.2) is 48.5 Å². The number of ether oxygens (including phenoxy) is 3. The van der Waals surface area contributed by atoms with Gasteiger partial charge in [0.15, 0.2) is 6.61 Å². The molecule has 0 radical (unpaired) electrons. The van der Waals surface area contributed by atoms with Gasteiger partial charge in [0.1, 0.15) is 5.75 Å². The summed E-state index contributed by atoms with van der Waals surface area (Å²) in [5.74, 6) is -0.331. The number of rotatable bonds is 10. The Morgan fingerprint density at radius 1 is 0.900 bits per heavy atom. The van der Waals surface area contributed by atoms with E-state index in [0.29, 0.717) is 29.3 Å². The maximum atomic E-state index is 12.1. The molecule has 0 atom stereocenters. The van der Waals surface area contributed by atoms with Gasteiger partial charge in [-0.2, -0.15) is 0 Å². The van der Waals surface area contributed by atoms with Crippen LogP contribution in [0.1, 0.15) is 37.0 Å². The zero-order valence-electron chi connectivity index (χ0n) is 17.1. The molecule has 30 heavy (non-hydrogen) atoms. The number of esters is 1. The van der Waals surface area contributed by atoms with Gasteiger partial charge in [0, 0.05) is 17.4 Å². The van der Waals surface area contributed by atoms with Crippen molar-refractivity contribution >= 4 is 29.3 Å². The molecule has 0 bridgehead atoms. The van der Waals surface area contributed by atoms with Gasteiger partial charge in [-0.15, -0.1) is 0 Å². The molecule has 160 valence electrons. The Morgan fingerprint density at radius 3 is 2.37 bits per heavy atom. The molecule has 8 heteroatoms. The monoisotopic (exact) mass is 414 g/mol. The van der Waals surface area contributed by atoms with Crippen LogP contribution in [0, 0.1) is 0 Å². The van der Waals surface area contributed by atoms with E-state index in [9.17, 15) is 14.4 Å². The molecule has 8 nitrogen and oxygen atoms in total. The standard InChI is InChI=1S/C22H26N2O6/c1-3-5-13-29-21(26)16-9-11-17(12-10-16)23-20(25)15-30-19-8-6-7-18(14-19)24-22(27)28-4-2/h6-12,14H,3-5,13,15H2,1-2H3,(H,23,25)(H,24,27). The molecule has 2 amide bonds. The van der Waals surface area contributed by atoms with Crippen molar-refractivity contribution in [1.82, 2.24) is 0 Å². The number of carbonyl (C=O) groups excluding carboxylic acids is 3. The zero-order chi connectivity index (χ0) is 21.8. The first kappa shape index (κ1) is 22.7. The summed E-state index contributed by atoms with van der Waals surface area (Å²) in [6, 6.07) is 13.1. The molecular weight excluding hydrogens is 388 g/mol. The predicted octanol–water partition coefficient (Wildman–Crippen LogP) is 4.23. The van der Waals surface area contributed by atoms with E-state index in [2.05, 4.69) is 10.6 Å². The molecule has 0 saturated carbocycles. The molecule has 0 aliphatic carbocycles. The minimum absolute atomic E-state index is 0.219. The molecule has 2 aromatic rings. The number of hydrogen-bond acceptors (Lipinski definition) is 6. The fraction of sp³-hybridized carbons (Fsp3) is 0.318. The van der Waals surface area contributed by atoms with E-state index in [0.717, 1.165) is 12.8 Å². The lowest BCUT2D eigenvalue weighted by Crippen LogP contribution is -2.20. The molecule has 0 spiro atoms. The lowest BCUT2D eigenvalue weighted by Gasteiger charge is -2.10. The van der Waals surface area contributed by atoms with E-state index < -0.39 is 6.09 Å². The Labute approximate surface area is 175 Å². The van der Waals surface area contributed by atoms with Gasteiger partial charge in [-0.05, 0) is 49.7 Å². The maximum absolute atomic E-state index is 12.1. The van der Waals surface area contributed by atoms with Gasteiger partial charge in [-0.1, -0.05) is 19.4 Å². The highest BCUT2D eigenvalue weighted by Gasteiger charge is 2.09. The number of amides is 2. The van der Waals surface area contributed by atoms with Gasteiger partial charge < -0.3 is 19.5 Å². The average Bonchev–Trinajstić information content (AvgIpc) is 2.73. The highest BCUT2D eigenvalue weighted by atomic mass is 16.5. The minimum atomic E-state index is -0.565. The van der Waals surface area contributed by atoms with Gasteiger partial charge >= 0.3 is 12.1 Å². The highest BCUT2D eigenvalue weighted by molar-refractivity contribution is 5.93. The molecule has 0 aliphatic rings. The highest BCUT2D eigenvalue weighted by Crippen LogP contribution is 2.18. The Balaban J connectivity index is 1.82. The molecule has 0 heterocycles. The van der Waals surface area contributed by atoms with Crippen LogP contribution >= 0.6 is 0 Å². The van der Waals surface area contributed by atoms with E-state index >= 15 is 0 Å². The van der Waals surface area contributed by atoms with Gasteiger partial charge in [0.25, 0.3) is 5.91 Å². The van der Waals surface area contributed by atoms with Crippen molar-refractivity contribution in [3.63, 3.8) is 0 Å². The van der Waals surface area contributed by atoms with Crippen molar-refractivity contribution in [2.24, 2.45) is 0 Å². The summed E-state index contributed by atoms with van der Waals surface area (Å²) in [7, 11) is 0.